The monoisotopic (exact) mass is 322 g/mol. The molecule has 0 saturated heterocycles. The van der Waals surface area contributed by atoms with Crippen molar-refractivity contribution in [1.82, 2.24) is 5.32 Å². The molecule has 0 aliphatic heterocycles. The van der Waals surface area contributed by atoms with E-state index in [0.717, 1.165) is 18.4 Å². The van der Waals surface area contributed by atoms with Crippen LogP contribution in [0.1, 0.15) is 25.8 Å². The van der Waals surface area contributed by atoms with Crippen molar-refractivity contribution in [1.29, 1.82) is 0 Å². The maximum absolute atomic E-state index is 12.1. The van der Waals surface area contributed by atoms with E-state index in [1.807, 2.05) is 32.0 Å². The molecule has 0 aliphatic carbocycles. The Morgan fingerprint density at radius 2 is 2.04 bits per heavy atom. The number of aliphatic imine (C=N–C) groups is 1. The zero-order valence-corrected chi connectivity index (χ0v) is 14.5. The highest BCUT2D eigenvalue weighted by molar-refractivity contribution is 5.88. The average molecular weight is 322 g/mol. The van der Waals surface area contributed by atoms with Crippen LogP contribution in [-0.4, -0.2) is 18.2 Å². The molecular formula is C21H26N2O. The van der Waals surface area contributed by atoms with E-state index in [4.69, 9.17) is 0 Å². The Kier molecular flexibility index (Phi) is 8.84. The highest BCUT2D eigenvalue weighted by Gasteiger charge is 2.11. The van der Waals surface area contributed by atoms with Crippen molar-refractivity contribution in [2.24, 2.45) is 4.99 Å². The minimum absolute atomic E-state index is 0.0427. The van der Waals surface area contributed by atoms with Gasteiger partial charge in [-0.3, -0.25) is 9.79 Å². The van der Waals surface area contributed by atoms with Crippen molar-refractivity contribution < 1.29 is 4.79 Å². The molecule has 3 nitrogen and oxygen atoms in total. The van der Waals surface area contributed by atoms with Crippen LogP contribution in [0.4, 0.5) is 0 Å². The van der Waals surface area contributed by atoms with Gasteiger partial charge in [0.2, 0.25) is 5.91 Å². The number of benzene rings is 1. The minimum Gasteiger partial charge on any atom is -0.346 e. The summed E-state index contributed by atoms with van der Waals surface area (Å²) in [5, 5.41) is 2.99. The first-order chi connectivity index (χ1) is 11.6. The highest BCUT2D eigenvalue weighted by atomic mass is 16.1. The second-order valence-corrected chi connectivity index (χ2v) is 5.47. The van der Waals surface area contributed by atoms with Gasteiger partial charge in [0.15, 0.2) is 0 Å². The Hall–Kier alpha value is -2.68. The van der Waals surface area contributed by atoms with Crippen LogP contribution >= 0.6 is 0 Å². The number of aryl methyl sites for hydroxylation is 1. The number of nitrogens with one attached hydrogen (secondary N) is 1. The van der Waals surface area contributed by atoms with Crippen molar-refractivity contribution in [2.45, 2.75) is 32.7 Å². The standard InChI is InChI=1S/C21H26N2O/c1-5-19(22-6-2)13-10-14-21(24)23-20(17(3)4)16-15-18-11-8-7-9-12-18/h5-14,20H,1,3,15-16H2,2,4H3,(H,23,24)/b14-10+,19-13+,22-6?. The molecule has 1 unspecified atom stereocenters. The molecule has 0 aromatic heterocycles. The predicted octanol–water partition coefficient (Wildman–Crippen LogP) is 4.40. The lowest BCUT2D eigenvalue weighted by atomic mass is 10.0. The predicted molar refractivity (Wildman–Crippen MR) is 103 cm³/mol. The van der Waals surface area contributed by atoms with E-state index in [0.29, 0.717) is 5.70 Å². The minimum atomic E-state index is -0.142. The normalized spacial score (nSPS) is 13.2. The molecule has 1 aromatic carbocycles. The largest absolute Gasteiger partial charge is 0.346 e. The van der Waals surface area contributed by atoms with Crippen LogP contribution in [0.15, 0.2) is 84.1 Å². The zero-order valence-electron chi connectivity index (χ0n) is 14.5. The second kappa shape index (κ2) is 10.9. The van der Waals surface area contributed by atoms with Crippen LogP contribution in [0.25, 0.3) is 0 Å². The summed E-state index contributed by atoms with van der Waals surface area (Å²) in [7, 11) is 0. The molecule has 3 heteroatoms. The van der Waals surface area contributed by atoms with E-state index < -0.39 is 0 Å². The molecule has 1 atom stereocenters. The van der Waals surface area contributed by atoms with Crippen LogP contribution in [0, 0.1) is 0 Å². The molecule has 0 spiro atoms. The van der Waals surface area contributed by atoms with Gasteiger partial charge in [-0.25, -0.2) is 0 Å². The first kappa shape index (κ1) is 19.4. The second-order valence-electron chi connectivity index (χ2n) is 5.47. The Morgan fingerprint density at radius 1 is 1.33 bits per heavy atom. The number of allylic oxidation sites excluding steroid dienone is 3. The van der Waals surface area contributed by atoms with Crippen LogP contribution in [0.3, 0.4) is 0 Å². The molecule has 0 bridgehead atoms. The van der Waals surface area contributed by atoms with Gasteiger partial charge in [-0.2, -0.15) is 0 Å². The van der Waals surface area contributed by atoms with Crippen molar-refractivity contribution in [2.75, 3.05) is 0 Å². The van der Waals surface area contributed by atoms with Crippen LogP contribution < -0.4 is 5.32 Å². The summed E-state index contributed by atoms with van der Waals surface area (Å²) >= 11 is 0. The molecule has 1 rings (SSSR count). The SMILES string of the molecule is C=C/C(=C\C=C\C(=O)NC(CCc1ccccc1)C(=C)C)N=CC. The fourth-order valence-corrected chi connectivity index (χ4v) is 2.16. The van der Waals surface area contributed by atoms with Crippen molar-refractivity contribution in [3.8, 4) is 0 Å². The van der Waals surface area contributed by atoms with E-state index in [2.05, 4.69) is 35.6 Å². The van der Waals surface area contributed by atoms with E-state index >= 15 is 0 Å². The average Bonchev–Trinajstić information content (AvgIpc) is 2.58. The summed E-state index contributed by atoms with van der Waals surface area (Å²) in [4.78, 5) is 16.2. The van der Waals surface area contributed by atoms with Crippen molar-refractivity contribution in [3.05, 3.63) is 84.6 Å². The van der Waals surface area contributed by atoms with E-state index in [9.17, 15) is 4.79 Å². The molecule has 1 N–H and O–H groups in total. The lowest BCUT2D eigenvalue weighted by Gasteiger charge is -2.18. The zero-order chi connectivity index (χ0) is 17.8. The molecule has 1 amide bonds. The molecule has 1 aromatic rings. The third kappa shape index (κ3) is 7.54. The summed E-state index contributed by atoms with van der Waals surface area (Å²) in [6.07, 6.45) is 9.95. The van der Waals surface area contributed by atoms with Crippen LogP contribution in [0.5, 0.6) is 0 Å². The van der Waals surface area contributed by atoms with Gasteiger partial charge in [0, 0.05) is 12.3 Å². The van der Waals surface area contributed by atoms with Gasteiger partial charge in [-0.15, -0.1) is 0 Å². The molecule has 126 valence electrons. The van der Waals surface area contributed by atoms with Gasteiger partial charge < -0.3 is 5.32 Å². The van der Waals surface area contributed by atoms with Gasteiger partial charge in [-0.1, -0.05) is 55.1 Å². The molecule has 0 radical (unpaired) electrons. The number of hydrogen-bond donors (Lipinski definition) is 1. The molecule has 0 saturated carbocycles. The Morgan fingerprint density at radius 3 is 2.62 bits per heavy atom. The maximum Gasteiger partial charge on any atom is 0.244 e. The Bertz CT molecular complexity index is 639. The fraction of sp³-hybridized carbons (Fsp3) is 0.238. The molecular weight excluding hydrogens is 296 g/mol. The third-order valence-electron chi connectivity index (χ3n) is 3.48. The number of hydrogen-bond acceptors (Lipinski definition) is 2. The Balaban J connectivity index is 2.59. The van der Waals surface area contributed by atoms with Crippen molar-refractivity contribution >= 4 is 12.1 Å². The van der Waals surface area contributed by atoms with Crippen molar-refractivity contribution in [3.63, 3.8) is 0 Å². The van der Waals surface area contributed by atoms with Gasteiger partial charge in [0.05, 0.1) is 11.7 Å². The van der Waals surface area contributed by atoms with Gasteiger partial charge in [0.1, 0.15) is 0 Å². The first-order valence-electron chi connectivity index (χ1n) is 8.06. The summed E-state index contributed by atoms with van der Waals surface area (Å²) in [6.45, 7) is 11.4. The first-order valence-corrected chi connectivity index (χ1v) is 8.06. The Labute approximate surface area is 145 Å². The number of carbonyl (C=O) groups excluding carboxylic acids is 1. The maximum atomic E-state index is 12.1. The number of nitrogens with zero attached hydrogens (tertiary/aromatic N) is 1. The molecule has 0 heterocycles. The lowest BCUT2D eigenvalue weighted by molar-refractivity contribution is -0.117. The van der Waals surface area contributed by atoms with E-state index in [-0.39, 0.29) is 11.9 Å². The summed E-state index contributed by atoms with van der Waals surface area (Å²) in [5.74, 6) is -0.142. The molecule has 0 aliphatic rings. The van der Waals surface area contributed by atoms with E-state index in [1.54, 1.807) is 24.4 Å². The summed E-state index contributed by atoms with van der Waals surface area (Å²) < 4.78 is 0. The molecule has 0 fully saturated rings. The summed E-state index contributed by atoms with van der Waals surface area (Å²) in [5.41, 5.74) is 2.91. The third-order valence-corrected chi connectivity index (χ3v) is 3.48. The topological polar surface area (TPSA) is 41.5 Å². The summed E-state index contributed by atoms with van der Waals surface area (Å²) in [6, 6.07) is 10.2. The van der Waals surface area contributed by atoms with E-state index in [1.165, 1.54) is 11.6 Å². The van der Waals surface area contributed by atoms with Crippen LogP contribution in [0.2, 0.25) is 0 Å². The number of carbonyl (C=O) groups is 1. The van der Waals surface area contributed by atoms with Gasteiger partial charge in [-0.05, 0) is 44.4 Å². The lowest BCUT2D eigenvalue weighted by Crippen LogP contribution is -2.34. The highest BCUT2D eigenvalue weighted by Crippen LogP contribution is 2.10. The van der Waals surface area contributed by atoms with Gasteiger partial charge >= 0.3 is 0 Å². The number of amides is 1. The fourth-order valence-electron chi connectivity index (χ4n) is 2.16. The quantitative estimate of drug-likeness (QED) is 0.311. The number of rotatable bonds is 9. The molecule has 24 heavy (non-hydrogen) atoms. The van der Waals surface area contributed by atoms with Gasteiger partial charge in [0.25, 0.3) is 0 Å². The van der Waals surface area contributed by atoms with Crippen LogP contribution in [-0.2, 0) is 11.2 Å². The smallest absolute Gasteiger partial charge is 0.244 e.